The van der Waals surface area contributed by atoms with E-state index in [4.69, 9.17) is 29.7 Å². The van der Waals surface area contributed by atoms with Gasteiger partial charge in [-0.25, -0.2) is 0 Å². The third-order valence-electron chi connectivity index (χ3n) is 3.23. The van der Waals surface area contributed by atoms with Gasteiger partial charge in [0.05, 0.1) is 0 Å². The molecule has 96 valence electrons. The van der Waals surface area contributed by atoms with Crippen LogP contribution in [-0.2, 0) is 18.1 Å². The summed E-state index contributed by atoms with van der Waals surface area (Å²) in [5.41, 5.74) is 0. The minimum atomic E-state index is -2.40. The molecule has 16 heavy (non-hydrogen) atoms. The third kappa shape index (κ3) is 1.32. The molecule has 0 aromatic carbocycles. The second-order valence-corrected chi connectivity index (χ2v) is 12.5. The van der Waals surface area contributed by atoms with E-state index in [0.717, 1.165) is 0 Å². The van der Waals surface area contributed by atoms with Gasteiger partial charge in [0, 0.05) is 0 Å². The van der Waals surface area contributed by atoms with E-state index in [2.05, 4.69) is 18.3 Å². The Morgan fingerprint density at radius 2 is 1.38 bits per heavy atom. The normalized spacial score (nSPS) is 40.4. The van der Waals surface area contributed by atoms with Gasteiger partial charge in [-0.1, -0.05) is 0 Å². The van der Waals surface area contributed by atoms with Gasteiger partial charge in [0.2, 0.25) is 0 Å². The van der Waals surface area contributed by atoms with Crippen molar-refractivity contribution < 1.29 is 18.1 Å². The van der Waals surface area contributed by atoms with Gasteiger partial charge in [0.25, 0.3) is 0 Å². The summed E-state index contributed by atoms with van der Waals surface area (Å²) in [6.07, 6.45) is 0. The van der Waals surface area contributed by atoms with Crippen LogP contribution in [0.4, 0.5) is 0 Å². The molecule has 0 atom stereocenters. The van der Waals surface area contributed by atoms with Crippen molar-refractivity contribution in [1.82, 2.24) is 4.44 Å². The third-order valence-corrected chi connectivity index (χ3v) is 15.1. The minimum absolute atomic E-state index is 0.174. The molecule has 3 fully saturated rings. The molecular formula is C8H18ClNO4P2. The van der Waals surface area contributed by atoms with Crippen molar-refractivity contribution in [3.63, 3.8) is 0 Å². The number of halogens is 1. The molecule has 0 aliphatic carbocycles. The van der Waals surface area contributed by atoms with Gasteiger partial charge in [0.1, 0.15) is 0 Å². The molecule has 5 nitrogen and oxygen atoms in total. The predicted octanol–water partition coefficient (Wildman–Crippen LogP) is 2.32. The van der Waals surface area contributed by atoms with Crippen LogP contribution >= 0.6 is 27.3 Å². The van der Waals surface area contributed by atoms with Gasteiger partial charge in [-0.05, 0) is 0 Å². The molecule has 0 N–H and O–H groups in total. The average Bonchev–Trinajstić information content (AvgIpc) is 2.87. The Kier molecular flexibility index (Phi) is 2.98. The summed E-state index contributed by atoms with van der Waals surface area (Å²) in [6.45, 7) is 6.79. The zero-order chi connectivity index (χ0) is 11.4. The van der Waals surface area contributed by atoms with E-state index in [-0.39, 0.29) is 4.86 Å². The molecule has 0 saturated carbocycles. The summed E-state index contributed by atoms with van der Waals surface area (Å²) in [4.78, 5) is -0.174. The molecule has 2 spiro atoms. The number of nitrogens with zero attached hydrogens (tertiary/aromatic N) is 1. The Hall–Kier alpha value is 0.950. The molecule has 3 aliphatic rings. The van der Waals surface area contributed by atoms with Gasteiger partial charge in [-0.15, -0.1) is 0 Å². The summed E-state index contributed by atoms with van der Waals surface area (Å²) in [7, 11) is -4.80. The molecular weight excluding hydrogens is 271 g/mol. The van der Waals surface area contributed by atoms with Crippen molar-refractivity contribution in [2.45, 2.75) is 24.7 Å². The van der Waals surface area contributed by atoms with Gasteiger partial charge >= 0.3 is 101 Å². The Morgan fingerprint density at radius 3 is 1.69 bits per heavy atom. The molecule has 3 heterocycles. The van der Waals surface area contributed by atoms with E-state index in [1.165, 1.54) is 0 Å². The van der Waals surface area contributed by atoms with Gasteiger partial charge in [-0.3, -0.25) is 0 Å². The molecule has 0 radical (unpaired) electrons. The van der Waals surface area contributed by atoms with E-state index >= 15 is 0 Å². The molecule has 0 unspecified atom stereocenters. The van der Waals surface area contributed by atoms with Crippen LogP contribution in [-0.4, -0.2) is 41.8 Å². The van der Waals surface area contributed by atoms with E-state index < -0.39 is 15.7 Å². The molecule has 0 aromatic heterocycles. The summed E-state index contributed by atoms with van der Waals surface area (Å²) < 4.78 is 25.6. The van der Waals surface area contributed by atoms with Crippen LogP contribution in [0.5, 0.6) is 0 Å². The molecule has 0 amide bonds. The number of rotatable bonds is 1. The molecule has 3 saturated heterocycles. The van der Waals surface area contributed by atoms with Crippen molar-refractivity contribution in [3.05, 3.63) is 0 Å². The second kappa shape index (κ2) is 3.97. The Labute approximate surface area is 101 Å². The first-order chi connectivity index (χ1) is 7.63. The van der Waals surface area contributed by atoms with Gasteiger partial charge < -0.3 is 0 Å². The predicted molar refractivity (Wildman–Crippen MR) is 67.1 cm³/mol. The van der Waals surface area contributed by atoms with Crippen LogP contribution in [0.3, 0.4) is 0 Å². The van der Waals surface area contributed by atoms with E-state index in [1.807, 2.05) is 0 Å². The van der Waals surface area contributed by atoms with Gasteiger partial charge in [0.15, 0.2) is 0 Å². The van der Waals surface area contributed by atoms with E-state index in [1.54, 1.807) is 0 Å². The fourth-order valence-electron chi connectivity index (χ4n) is 2.75. The van der Waals surface area contributed by atoms with Gasteiger partial charge in [-0.2, -0.15) is 0 Å². The molecule has 8 heteroatoms. The Balaban J connectivity index is 1.92. The first-order valence-electron chi connectivity index (χ1n) is 5.63. The Morgan fingerprint density at radius 1 is 1.00 bits per heavy atom. The van der Waals surface area contributed by atoms with Crippen molar-refractivity contribution in [2.75, 3.05) is 26.4 Å². The summed E-state index contributed by atoms with van der Waals surface area (Å²) in [5.74, 6) is 0. The first kappa shape index (κ1) is 12.0. The second-order valence-electron chi connectivity index (χ2n) is 4.48. The average molecular weight is 290 g/mol. The summed E-state index contributed by atoms with van der Waals surface area (Å²) in [6, 6.07) is 0.296. The molecule has 3 aliphatic heterocycles. The maximum atomic E-state index is 6.50. The van der Waals surface area contributed by atoms with Crippen molar-refractivity contribution >= 4 is 27.3 Å². The van der Waals surface area contributed by atoms with Crippen LogP contribution in [0.1, 0.15) is 13.8 Å². The SMILES string of the molecule is CC(C)N1[PH]2(OCCO2)C(Cl)[PH]12OCCO2. The van der Waals surface area contributed by atoms with Crippen LogP contribution < -0.4 is 0 Å². The molecule has 0 aromatic rings. The summed E-state index contributed by atoms with van der Waals surface area (Å²) >= 11 is 6.50. The summed E-state index contributed by atoms with van der Waals surface area (Å²) in [5, 5.41) is 0. The maximum absolute atomic E-state index is 6.50. The van der Waals surface area contributed by atoms with E-state index in [9.17, 15) is 0 Å². The Bertz CT molecular complexity index is 270. The number of hydrogen-bond acceptors (Lipinski definition) is 5. The fourth-order valence-corrected chi connectivity index (χ4v) is 15.4. The monoisotopic (exact) mass is 289 g/mol. The van der Waals surface area contributed by atoms with E-state index in [0.29, 0.717) is 32.5 Å². The standard InChI is InChI=1S/C8H18ClNO4P2/c1-7(2)10-15(11-3-4-12-15)8(9)16(10)13-5-6-14-16/h7-8,15-16H,3-6H2,1-2H3. The van der Waals surface area contributed by atoms with Crippen LogP contribution in [0.15, 0.2) is 0 Å². The van der Waals surface area contributed by atoms with Crippen LogP contribution in [0.25, 0.3) is 0 Å². The molecule has 3 rings (SSSR count). The topological polar surface area (TPSA) is 40.2 Å². The molecule has 0 bridgehead atoms. The van der Waals surface area contributed by atoms with Crippen molar-refractivity contribution in [3.8, 4) is 0 Å². The quantitative estimate of drug-likeness (QED) is 0.547. The van der Waals surface area contributed by atoms with Crippen molar-refractivity contribution in [1.29, 1.82) is 0 Å². The number of hydrogen-bond donors (Lipinski definition) is 0. The van der Waals surface area contributed by atoms with Crippen LogP contribution in [0.2, 0.25) is 0 Å². The zero-order valence-corrected chi connectivity index (χ0v) is 12.2. The zero-order valence-electron chi connectivity index (χ0n) is 9.44. The number of alkyl halides is 1. The van der Waals surface area contributed by atoms with Crippen LogP contribution in [0, 0.1) is 0 Å². The first-order valence-corrected chi connectivity index (χ1v) is 9.75. The van der Waals surface area contributed by atoms with Crippen molar-refractivity contribution in [2.24, 2.45) is 0 Å². The fraction of sp³-hybridized carbons (Fsp3) is 1.00.